The number of carbonyl (C=O) groups is 1. The van der Waals surface area contributed by atoms with Gasteiger partial charge in [0.15, 0.2) is 8.32 Å². The minimum absolute atomic E-state index is 0.0579. The maximum atomic E-state index is 12.6. The lowest BCUT2D eigenvalue weighted by Crippen LogP contribution is -2.67. The van der Waals surface area contributed by atoms with Crippen molar-refractivity contribution in [1.82, 2.24) is 10.2 Å². The van der Waals surface area contributed by atoms with Crippen LogP contribution in [-0.4, -0.2) is 57.3 Å². The molecule has 4 bridgehead atoms. The lowest BCUT2D eigenvalue weighted by Gasteiger charge is -2.52. The Hall–Kier alpha value is -0.493. The van der Waals surface area contributed by atoms with Gasteiger partial charge in [-0.05, 0) is 23.7 Å². The summed E-state index contributed by atoms with van der Waals surface area (Å²) in [6.45, 7) is 14.9. The van der Waals surface area contributed by atoms with Crippen LogP contribution in [0.1, 0.15) is 27.2 Å². The molecule has 0 radical (unpaired) electrons. The first kappa shape index (κ1) is 16.4. The minimum atomic E-state index is -1.77. The van der Waals surface area contributed by atoms with E-state index in [0.717, 1.165) is 19.6 Å². The van der Waals surface area contributed by atoms with Crippen LogP contribution in [0.2, 0.25) is 18.1 Å². The first-order valence-electron chi connectivity index (χ1n) is 8.53. The van der Waals surface area contributed by atoms with Gasteiger partial charge in [-0.3, -0.25) is 9.69 Å². The third-order valence-electron chi connectivity index (χ3n) is 6.17. The van der Waals surface area contributed by atoms with E-state index in [0.29, 0.717) is 30.9 Å². The molecule has 0 aromatic rings. The number of carbonyl (C=O) groups excluding carboxylic acids is 1. The van der Waals surface area contributed by atoms with Crippen LogP contribution < -0.4 is 5.32 Å². The number of nitrogens with zero attached hydrogens (tertiary/aromatic N) is 1. The van der Waals surface area contributed by atoms with Gasteiger partial charge in [0, 0.05) is 38.1 Å². The summed E-state index contributed by atoms with van der Waals surface area (Å²) in [5.41, 5.74) is 1.23. The molecule has 124 valence electrons. The van der Waals surface area contributed by atoms with Crippen molar-refractivity contribution < 1.29 is 9.22 Å². The zero-order valence-electron chi connectivity index (χ0n) is 14.6. The van der Waals surface area contributed by atoms with E-state index in [9.17, 15) is 4.79 Å². The van der Waals surface area contributed by atoms with Crippen molar-refractivity contribution in [3.05, 3.63) is 11.6 Å². The number of rotatable bonds is 3. The Kier molecular flexibility index (Phi) is 4.13. The van der Waals surface area contributed by atoms with Gasteiger partial charge in [-0.15, -0.1) is 0 Å². The molecule has 5 heteroatoms. The van der Waals surface area contributed by atoms with Crippen LogP contribution in [-0.2, 0) is 9.22 Å². The highest BCUT2D eigenvalue weighted by molar-refractivity contribution is 6.74. The lowest BCUT2D eigenvalue weighted by molar-refractivity contribution is -0.132. The van der Waals surface area contributed by atoms with Crippen LogP contribution in [0.15, 0.2) is 11.6 Å². The summed E-state index contributed by atoms with van der Waals surface area (Å²) in [5, 5.41) is 3.71. The molecule has 2 fully saturated rings. The van der Waals surface area contributed by atoms with Gasteiger partial charge in [-0.1, -0.05) is 26.8 Å². The first-order valence-corrected chi connectivity index (χ1v) is 11.4. The Morgan fingerprint density at radius 3 is 2.77 bits per heavy atom. The molecular weight excluding hydrogens is 292 g/mol. The van der Waals surface area contributed by atoms with Gasteiger partial charge in [-0.25, -0.2) is 0 Å². The highest BCUT2D eigenvalue weighted by Crippen LogP contribution is 2.39. The van der Waals surface area contributed by atoms with E-state index in [-0.39, 0.29) is 11.0 Å². The number of piperidine rings is 1. The lowest BCUT2D eigenvalue weighted by atomic mass is 9.75. The van der Waals surface area contributed by atoms with Crippen LogP contribution >= 0.6 is 0 Å². The van der Waals surface area contributed by atoms with Crippen molar-refractivity contribution in [2.75, 3.05) is 26.2 Å². The van der Waals surface area contributed by atoms with Gasteiger partial charge in [0.1, 0.15) is 5.78 Å². The number of hydrogen-bond acceptors (Lipinski definition) is 4. The monoisotopic (exact) mass is 322 g/mol. The molecule has 1 N–H and O–H groups in total. The molecule has 0 aliphatic carbocycles. The molecule has 0 spiro atoms. The van der Waals surface area contributed by atoms with Crippen molar-refractivity contribution >= 4 is 14.1 Å². The Balaban J connectivity index is 1.75. The summed E-state index contributed by atoms with van der Waals surface area (Å²) >= 11 is 0. The third kappa shape index (κ3) is 2.73. The normalized spacial score (nSPS) is 35.3. The number of hydrogen-bond donors (Lipinski definition) is 1. The van der Waals surface area contributed by atoms with E-state index in [1.807, 2.05) is 0 Å². The molecule has 4 atom stereocenters. The minimum Gasteiger partial charge on any atom is -0.413 e. The molecule has 2 saturated heterocycles. The van der Waals surface area contributed by atoms with Crippen molar-refractivity contribution in [2.24, 2.45) is 5.92 Å². The fourth-order valence-electron chi connectivity index (χ4n) is 3.69. The molecular formula is C17H30N2O2Si. The van der Waals surface area contributed by atoms with E-state index < -0.39 is 8.32 Å². The van der Waals surface area contributed by atoms with Crippen LogP contribution in [0, 0.1) is 5.92 Å². The Morgan fingerprint density at radius 1 is 1.36 bits per heavy atom. The van der Waals surface area contributed by atoms with Gasteiger partial charge in [0.25, 0.3) is 0 Å². The summed E-state index contributed by atoms with van der Waals surface area (Å²) in [6.07, 6.45) is 2.97. The topological polar surface area (TPSA) is 41.6 Å². The van der Waals surface area contributed by atoms with Gasteiger partial charge < -0.3 is 9.74 Å². The Labute approximate surface area is 135 Å². The smallest absolute Gasteiger partial charge is 0.192 e. The van der Waals surface area contributed by atoms with E-state index >= 15 is 0 Å². The van der Waals surface area contributed by atoms with Crippen molar-refractivity contribution in [3.8, 4) is 0 Å². The summed E-state index contributed by atoms with van der Waals surface area (Å²) < 4.78 is 6.39. The SMILES string of the molecule is CC(C)(C)[Si](C)(C)OCC1=CCN2C3CNCC2C1C(=O)C3. The first-order chi connectivity index (χ1) is 10.2. The average molecular weight is 323 g/mol. The second-order valence-corrected chi connectivity index (χ2v) is 13.4. The second kappa shape index (κ2) is 5.55. The van der Waals surface area contributed by atoms with E-state index in [1.54, 1.807) is 0 Å². The summed E-state index contributed by atoms with van der Waals surface area (Å²) in [6, 6.07) is 0.754. The molecule has 3 heterocycles. The van der Waals surface area contributed by atoms with Gasteiger partial charge in [0.2, 0.25) is 0 Å². The van der Waals surface area contributed by atoms with E-state index in [1.165, 1.54) is 5.57 Å². The van der Waals surface area contributed by atoms with E-state index in [4.69, 9.17) is 4.43 Å². The highest BCUT2D eigenvalue weighted by Gasteiger charge is 2.48. The molecule has 0 aromatic carbocycles. The molecule has 0 aromatic heterocycles. The van der Waals surface area contributed by atoms with Crippen molar-refractivity contribution in [1.29, 1.82) is 0 Å². The Bertz CT molecular complexity index is 495. The van der Waals surface area contributed by atoms with E-state index in [2.05, 4.69) is 50.2 Å². The van der Waals surface area contributed by atoms with Crippen LogP contribution in [0.5, 0.6) is 0 Å². The predicted molar refractivity (Wildman–Crippen MR) is 91.5 cm³/mol. The molecule has 0 saturated carbocycles. The van der Waals surface area contributed by atoms with Gasteiger partial charge in [-0.2, -0.15) is 0 Å². The zero-order chi connectivity index (χ0) is 16.1. The van der Waals surface area contributed by atoms with Crippen molar-refractivity contribution in [3.63, 3.8) is 0 Å². The van der Waals surface area contributed by atoms with Crippen LogP contribution in [0.3, 0.4) is 0 Å². The molecule has 3 aliphatic rings. The summed E-state index contributed by atoms with van der Waals surface area (Å²) in [7, 11) is -1.77. The Morgan fingerprint density at radius 2 is 2.09 bits per heavy atom. The molecule has 4 nitrogen and oxygen atoms in total. The van der Waals surface area contributed by atoms with Crippen LogP contribution in [0.25, 0.3) is 0 Å². The quantitative estimate of drug-likeness (QED) is 0.639. The third-order valence-corrected chi connectivity index (χ3v) is 10.6. The number of nitrogens with one attached hydrogen (secondary N) is 1. The molecule has 3 rings (SSSR count). The fraction of sp³-hybridized carbons (Fsp3) is 0.824. The zero-order valence-corrected chi connectivity index (χ0v) is 15.6. The largest absolute Gasteiger partial charge is 0.413 e. The summed E-state index contributed by atoms with van der Waals surface area (Å²) in [5.74, 6) is 0.486. The maximum absolute atomic E-state index is 12.6. The standard InChI is InChI=1S/C17H30N2O2Si/c1-17(2,3)22(4,5)21-11-12-6-7-19-13-8-15(20)16(12)14(19)10-18-9-13/h6,13-14,16,18H,7-11H2,1-5H3. The highest BCUT2D eigenvalue weighted by atomic mass is 28.4. The van der Waals surface area contributed by atoms with Gasteiger partial charge >= 0.3 is 0 Å². The average Bonchev–Trinajstić information content (AvgIpc) is 2.41. The molecule has 4 unspecified atom stereocenters. The molecule has 3 aliphatic heterocycles. The second-order valence-electron chi connectivity index (χ2n) is 8.55. The molecule has 0 amide bonds. The maximum Gasteiger partial charge on any atom is 0.192 e. The van der Waals surface area contributed by atoms with Gasteiger partial charge in [0.05, 0.1) is 12.5 Å². The summed E-state index contributed by atoms with van der Waals surface area (Å²) in [4.78, 5) is 15.1. The number of ketones is 1. The van der Waals surface area contributed by atoms with Crippen molar-refractivity contribution in [2.45, 2.75) is 57.4 Å². The predicted octanol–water partition coefficient (Wildman–Crippen LogP) is 2.18. The molecule has 22 heavy (non-hydrogen) atoms. The number of piperazine rings is 1. The number of Topliss-reactive ketones (excluding diaryl/α,β-unsaturated/α-hetero) is 1. The fourth-order valence-corrected chi connectivity index (χ4v) is 4.65. The van der Waals surface area contributed by atoms with Crippen LogP contribution in [0.4, 0.5) is 0 Å².